The predicted octanol–water partition coefficient (Wildman–Crippen LogP) is 2.04. The van der Waals surface area contributed by atoms with Gasteiger partial charge in [-0.2, -0.15) is 15.4 Å². The number of aromatic nitrogens is 6. The number of H-pyrrole nitrogens is 1. The molecule has 8 heteroatoms. The van der Waals surface area contributed by atoms with Gasteiger partial charge in [-0.25, -0.2) is 0 Å². The summed E-state index contributed by atoms with van der Waals surface area (Å²) in [6.45, 7) is 7.90. The van der Waals surface area contributed by atoms with Crippen molar-refractivity contribution in [3.63, 3.8) is 0 Å². The Labute approximate surface area is 145 Å². The van der Waals surface area contributed by atoms with E-state index < -0.39 is 0 Å². The molecular formula is C17H19N7O. The molecule has 1 unspecified atom stereocenters. The fourth-order valence-corrected chi connectivity index (χ4v) is 3.06. The highest BCUT2D eigenvalue weighted by Gasteiger charge is 2.25. The zero-order chi connectivity index (χ0) is 17.2. The molecule has 0 fully saturated rings. The molecule has 0 saturated heterocycles. The van der Waals surface area contributed by atoms with Crippen molar-refractivity contribution in [2.24, 2.45) is 0 Å². The van der Waals surface area contributed by atoms with Crippen molar-refractivity contribution in [3.8, 4) is 17.3 Å². The summed E-state index contributed by atoms with van der Waals surface area (Å²) in [6.07, 6.45) is 3.49. The quantitative estimate of drug-likeness (QED) is 0.733. The van der Waals surface area contributed by atoms with E-state index in [1.807, 2.05) is 28.8 Å². The molecule has 1 aliphatic heterocycles. The molecule has 0 saturated carbocycles. The molecule has 0 amide bonds. The van der Waals surface area contributed by atoms with Crippen LogP contribution in [0.15, 0.2) is 43.1 Å². The summed E-state index contributed by atoms with van der Waals surface area (Å²) in [5.74, 6) is 2.35. The van der Waals surface area contributed by atoms with Crippen LogP contribution in [-0.4, -0.2) is 42.8 Å². The molecule has 128 valence electrons. The van der Waals surface area contributed by atoms with Gasteiger partial charge in [0.05, 0.1) is 12.7 Å². The molecule has 8 nitrogen and oxygen atoms in total. The number of para-hydroxylation sites is 1. The van der Waals surface area contributed by atoms with E-state index in [1.54, 1.807) is 6.20 Å². The Balaban J connectivity index is 1.75. The monoisotopic (exact) mass is 337 g/mol. The van der Waals surface area contributed by atoms with E-state index in [0.717, 1.165) is 17.3 Å². The summed E-state index contributed by atoms with van der Waals surface area (Å²) >= 11 is 0. The van der Waals surface area contributed by atoms with Crippen molar-refractivity contribution in [1.29, 1.82) is 0 Å². The van der Waals surface area contributed by atoms with E-state index in [9.17, 15) is 0 Å². The molecule has 2 aromatic heterocycles. The molecular weight excluding hydrogens is 318 g/mol. The molecule has 1 atom stereocenters. The first-order valence-corrected chi connectivity index (χ1v) is 8.16. The average Bonchev–Trinajstić information content (AvgIpc) is 3.22. The van der Waals surface area contributed by atoms with E-state index in [0.29, 0.717) is 31.2 Å². The number of aromatic amines is 1. The largest absolute Gasteiger partial charge is 0.489 e. The molecule has 1 aliphatic rings. The second kappa shape index (κ2) is 6.39. The van der Waals surface area contributed by atoms with Crippen LogP contribution in [-0.2, 0) is 13.1 Å². The Kier molecular flexibility index (Phi) is 3.93. The lowest BCUT2D eigenvalue weighted by molar-refractivity contribution is 0.232. The van der Waals surface area contributed by atoms with Crippen LogP contribution in [0.5, 0.6) is 5.75 Å². The molecule has 3 aromatic rings. The molecule has 1 aromatic carbocycles. The molecule has 25 heavy (non-hydrogen) atoms. The van der Waals surface area contributed by atoms with Gasteiger partial charge in [0.2, 0.25) is 5.95 Å². The lowest BCUT2D eigenvalue weighted by Gasteiger charge is -2.23. The standard InChI is InChI=1S/C17H19N7O/c1-3-8-24-16(14-9-18-22-19-14)20-21-17(24)23-10-12(2)25-15-7-5-4-6-13(15)11-23/h3-7,9,12H,1,8,10-11H2,2H3,(H,18,19,22). The van der Waals surface area contributed by atoms with Crippen molar-refractivity contribution < 1.29 is 4.74 Å². The van der Waals surface area contributed by atoms with Gasteiger partial charge in [0.25, 0.3) is 0 Å². The fraction of sp³-hybridized carbons (Fsp3) is 0.294. The predicted molar refractivity (Wildman–Crippen MR) is 93.2 cm³/mol. The number of fused-ring (bicyclic) bond motifs is 1. The van der Waals surface area contributed by atoms with Crippen LogP contribution in [0.3, 0.4) is 0 Å². The maximum Gasteiger partial charge on any atom is 0.228 e. The Bertz CT molecular complexity index is 871. The van der Waals surface area contributed by atoms with Crippen LogP contribution in [0, 0.1) is 0 Å². The first kappa shape index (κ1) is 15.4. The van der Waals surface area contributed by atoms with E-state index in [4.69, 9.17) is 4.74 Å². The van der Waals surface area contributed by atoms with Gasteiger partial charge in [-0.15, -0.1) is 16.8 Å². The Hall–Kier alpha value is -3.16. The number of rotatable bonds is 4. The molecule has 0 radical (unpaired) electrons. The summed E-state index contributed by atoms with van der Waals surface area (Å²) < 4.78 is 8.03. The van der Waals surface area contributed by atoms with Crippen molar-refractivity contribution in [1.82, 2.24) is 30.2 Å². The molecule has 1 N–H and O–H groups in total. The van der Waals surface area contributed by atoms with Crippen molar-refractivity contribution in [3.05, 3.63) is 48.7 Å². The van der Waals surface area contributed by atoms with Gasteiger partial charge in [0.1, 0.15) is 17.5 Å². The van der Waals surface area contributed by atoms with Gasteiger partial charge < -0.3 is 9.64 Å². The smallest absolute Gasteiger partial charge is 0.228 e. The lowest BCUT2D eigenvalue weighted by Crippen LogP contribution is -2.33. The number of allylic oxidation sites excluding steroid dienone is 1. The highest BCUT2D eigenvalue weighted by molar-refractivity contribution is 5.52. The minimum atomic E-state index is 0.0352. The zero-order valence-corrected chi connectivity index (χ0v) is 14.0. The number of nitrogens with one attached hydrogen (secondary N) is 1. The fourth-order valence-electron chi connectivity index (χ4n) is 3.06. The minimum Gasteiger partial charge on any atom is -0.489 e. The van der Waals surface area contributed by atoms with E-state index >= 15 is 0 Å². The number of ether oxygens (including phenoxy) is 1. The molecule has 4 rings (SSSR count). The number of hydrogen-bond donors (Lipinski definition) is 1. The highest BCUT2D eigenvalue weighted by Crippen LogP contribution is 2.29. The van der Waals surface area contributed by atoms with E-state index in [-0.39, 0.29) is 6.10 Å². The number of anilines is 1. The summed E-state index contributed by atoms with van der Waals surface area (Å²) in [6, 6.07) is 8.09. The third-order valence-corrected chi connectivity index (χ3v) is 4.11. The second-order valence-electron chi connectivity index (χ2n) is 5.99. The SMILES string of the molecule is C=CCn1c(-c2cn[nH]n2)nnc1N1Cc2ccccc2OC(C)C1. The number of hydrogen-bond acceptors (Lipinski definition) is 6. The highest BCUT2D eigenvalue weighted by atomic mass is 16.5. The Morgan fingerprint density at radius 2 is 2.24 bits per heavy atom. The summed E-state index contributed by atoms with van der Waals surface area (Å²) in [4.78, 5) is 2.18. The third kappa shape index (κ3) is 2.86. The maximum absolute atomic E-state index is 6.04. The minimum absolute atomic E-state index is 0.0352. The summed E-state index contributed by atoms with van der Waals surface area (Å²) in [5, 5.41) is 19.3. The molecule has 3 heterocycles. The first-order chi connectivity index (χ1) is 12.3. The van der Waals surface area contributed by atoms with Crippen LogP contribution < -0.4 is 9.64 Å². The molecule has 0 aliphatic carbocycles. The van der Waals surface area contributed by atoms with Crippen LogP contribution in [0.2, 0.25) is 0 Å². The normalized spacial score (nSPS) is 16.8. The van der Waals surface area contributed by atoms with Gasteiger partial charge in [-0.3, -0.25) is 4.57 Å². The number of benzene rings is 1. The van der Waals surface area contributed by atoms with Gasteiger partial charge in [-0.05, 0) is 13.0 Å². The topological polar surface area (TPSA) is 84.8 Å². The average molecular weight is 337 g/mol. The van der Waals surface area contributed by atoms with Gasteiger partial charge in [0.15, 0.2) is 5.82 Å². The Morgan fingerprint density at radius 1 is 1.36 bits per heavy atom. The lowest BCUT2D eigenvalue weighted by atomic mass is 10.2. The van der Waals surface area contributed by atoms with Crippen molar-refractivity contribution >= 4 is 5.95 Å². The Morgan fingerprint density at radius 3 is 3.04 bits per heavy atom. The summed E-state index contributed by atoms with van der Waals surface area (Å²) in [7, 11) is 0. The van der Waals surface area contributed by atoms with E-state index in [1.165, 1.54) is 0 Å². The molecule has 0 bridgehead atoms. The first-order valence-electron chi connectivity index (χ1n) is 8.16. The maximum atomic E-state index is 6.04. The van der Waals surface area contributed by atoms with Gasteiger partial charge in [0, 0.05) is 18.7 Å². The van der Waals surface area contributed by atoms with Crippen molar-refractivity contribution in [2.45, 2.75) is 26.1 Å². The van der Waals surface area contributed by atoms with Crippen LogP contribution >= 0.6 is 0 Å². The van der Waals surface area contributed by atoms with E-state index in [2.05, 4.69) is 50.1 Å². The summed E-state index contributed by atoms with van der Waals surface area (Å²) in [5.41, 5.74) is 1.78. The van der Waals surface area contributed by atoms with Gasteiger partial charge >= 0.3 is 0 Å². The van der Waals surface area contributed by atoms with Crippen molar-refractivity contribution in [2.75, 3.05) is 11.4 Å². The van der Waals surface area contributed by atoms with Crippen LogP contribution in [0.25, 0.3) is 11.5 Å². The molecule has 0 spiro atoms. The number of nitrogens with zero attached hydrogens (tertiary/aromatic N) is 6. The third-order valence-electron chi connectivity index (χ3n) is 4.11. The second-order valence-corrected chi connectivity index (χ2v) is 5.99. The van der Waals surface area contributed by atoms with Gasteiger partial charge in [-0.1, -0.05) is 24.3 Å². The van der Waals surface area contributed by atoms with Crippen LogP contribution in [0.1, 0.15) is 12.5 Å². The zero-order valence-electron chi connectivity index (χ0n) is 14.0. The van der Waals surface area contributed by atoms with Crippen LogP contribution in [0.4, 0.5) is 5.95 Å².